The van der Waals surface area contributed by atoms with Gasteiger partial charge in [-0.25, -0.2) is 14.2 Å². The van der Waals surface area contributed by atoms with Gasteiger partial charge < -0.3 is 9.15 Å². The van der Waals surface area contributed by atoms with Crippen LogP contribution in [0.1, 0.15) is 35.7 Å². The lowest BCUT2D eigenvalue weighted by atomic mass is 10.1. The normalized spacial score (nSPS) is 10.6. The highest BCUT2D eigenvalue weighted by molar-refractivity contribution is 5.88. The first-order valence-corrected chi connectivity index (χ1v) is 6.50. The molecule has 0 aliphatic heterocycles. The summed E-state index contributed by atoms with van der Waals surface area (Å²) in [6, 6.07) is 4.69. The number of aromatic nitrogens is 1. The Morgan fingerprint density at radius 2 is 2.15 bits per heavy atom. The van der Waals surface area contributed by atoms with Crippen LogP contribution in [0.15, 0.2) is 22.6 Å². The molecule has 0 radical (unpaired) electrons. The maximum absolute atomic E-state index is 13.6. The third-order valence-corrected chi connectivity index (χ3v) is 2.91. The van der Waals surface area contributed by atoms with E-state index in [-0.39, 0.29) is 24.1 Å². The molecule has 106 valence electrons. The number of benzene rings is 1. The average molecular weight is 277 g/mol. The fourth-order valence-electron chi connectivity index (χ4n) is 1.80. The number of halogens is 1. The molecule has 0 atom stereocenters. The quantitative estimate of drug-likeness (QED) is 0.802. The van der Waals surface area contributed by atoms with Gasteiger partial charge in [0, 0.05) is 5.56 Å². The van der Waals surface area contributed by atoms with Gasteiger partial charge in [0.2, 0.25) is 11.7 Å². The first kappa shape index (κ1) is 14.2. The maximum Gasteiger partial charge on any atom is 0.376 e. The Balaban J connectivity index is 2.42. The van der Waals surface area contributed by atoms with Crippen LogP contribution in [0.25, 0.3) is 11.5 Å². The molecule has 0 N–H and O–H groups in total. The van der Waals surface area contributed by atoms with E-state index in [1.54, 1.807) is 26.0 Å². The SMILES string of the molecule is CCOC(=O)c1oc(-c2ccc(C)c(F)c2)nc1CC. The third kappa shape index (κ3) is 2.71. The number of carbonyl (C=O) groups excluding carboxylic acids is 1. The standard InChI is InChI=1S/C15H16FNO3/c1-4-12-13(15(18)19-5-2)20-14(17-12)10-7-6-9(3)11(16)8-10/h6-8H,4-5H2,1-3H3. The van der Waals surface area contributed by atoms with Gasteiger partial charge in [-0.15, -0.1) is 0 Å². The van der Waals surface area contributed by atoms with Crippen LogP contribution in [0.2, 0.25) is 0 Å². The van der Waals surface area contributed by atoms with E-state index in [1.165, 1.54) is 6.07 Å². The van der Waals surface area contributed by atoms with Crippen LogP contribution in [0.5, 0.6) is 0 Å². The van der Waals surface area contributed by atoms with Crippen LogP contribution >= 0.6 is 0 Å². The average Bonchev–Trinajstić information content (AvgIpc) is 2.86. The van der Waals surface area contributed by atoms with Crippen LogP contribution < -0.4 is 0 Å². The number of aryl methyl sites for hydroxylation is 2. The van der Waals surface area contributed by atoms with Crippen molar-refractivity contribution in [2.75, 3.05) is 6.61 Å². The zero-order chi connectivity index (χ0) is 14.7. The van der Waals surface area contributed by atoms with E-state index in [0.29, 0.717) is 23.2 Å². The number of ether oxygens (including phenoxy) is 1. The van der Waals surface area contributed by atoms with E-state index in [2.05, 4.69) is 4.98 Å². The smallest absolute Gasteiger partial charge is 0.376 e. The molecule has 2 aromatic rings. The number of hydrogen-bond acceptors (Lipinski definition) is 4. The van der Waals surface area contributed by atoms with Gasteiger partial charge in [-0.1, -0.05) is 13.0 Å². The topological polar surface area (TPSA) is 52.3 Å². The summed E-state index contributed by atoms with van der Waals surface area (Å²) >= 11 is 0. The van der Waals surface area contributed by atoms with Crippen LogP contribution in [-0.2, 0) is 11.2 Å². The molecular formula is C15H16FNO3. The Hall–Kier alpha value is -2.17. The fourth-order valence-corrected chi connectivity index (χ4v) is 1.80. The van der Waals surface area contributed by atoms with Crippen molar-refractivity contribution in [2.45, 2.75) is 27.2 Å². The summed E-state index contributed by atoms with van der Waals surface area (Å²) in [4.78, 5) is 16.0. The van der Waals surface area contributed by atoms with Gasteiger partial charge in [0.15, 0.2) is 0 Å². The summed E-state index contributed by atoms with van der Waals surface area (Å²) in [5.41, 5.74) is 1.56. The van der Waals surface area contributed by atoms with Crippen molar-refractivity contribution in [3.63, 3.8) is 0 Å². The largest absolute Gasteiger partial charge is 0.460 e. The van der Waals surface area contributed by atoms with Crippen molar-refractivity contribution < 1.29 is 18.3 Å². The van der Waals surface area contributed by atoms with E-state index in [1.807, 2.05) is 6.92 Å². The summed E-state index contributed by atoms with van der Waals surface area (Å²) < 4.78 is 23.9. The number of carbonyl (C=O) groups is 1. The second kappa shape index (κ2) is 5.86. The highest BCUT2D eigenvalue weighted by Crippen LogP contribution is 2.24. The van der Waals surface area contributed by atoms with Gasteiger partial charge >= 0.3 is 5.97 Å². The number of nitrogens with zero attached hydrogens (tertiary/aromatic N) is 1. The van der Waals surface area contributed by atoms with E-state index >= 15 is 0 Å². The van der Waals surface area contributed by atoms with Crippen molar-refractivity contribution in [2.24, 2.45) is 0 Å². The van der Waals surface area contributed by atoms with Crippen LogP contribution in [-0.4, -0.2) is 17.6 Å². The van der Waals surface area contributed by atoms with Gasteiger partial charge in [0.25, 0.3) is 0 Å². The number of rotatable bonds is 4. The Labute approximate surface area is 116 Å². The molecule has 1 aromatic heterocycles. The molecule has 0 spiro atoms. The Kier molecular flexibility index (Phi) is 4.17. The Morgan fingerprint density at radius 3 is 2.75 bits per heavy atom. The lowest BCUT2D eigenvalue weighted by Crippen LogP contribution is -2.05. The monoisotopic (exact) mass is 277 g/mol. The van der Waals surface area contributed by atoms with Crippen molar-refractivity contribution >= 4 is 5.97 Å². The number of hydrogen-bond donors (Lipinski definition) is 0. The van der Waals surface area contributed by atoms with Crippen molar-refractivity contribution in [1.29, 1.82) is 0 Å². The second-order valence-corrected chi connectivity index (χ2v) is 4.33. The Morgan fingerprint density at radius 1 is 1.40 bits per heavy atom. The number of esters is 1. The molecule has 5 heteroatoms. The summed E-state index contributed by atoms with van der Waals surface area (Å²) in [5, 5.41) is 0. The Bertz CT molecular complexity index is 634. The fraction of sp³-hybridized carbons (Fsp3) is 0.333. The third-order valence-electron chi connectivity index (χ3n) is 2.91. The van der Waals surface area contributed by atoms with Crippen LogP contribution in [0.3, 0.4) is 0 Å². The van der Waals surface area contributed by atoms with Gasteiger partial charge in [-0.05, 0) is 38.0 Å². The molecule has 0 unspecified atom stereocenters. The van der Waals surface area contributed by atoms with Crippen molar-refractivity contribution in [3.8, 4) is 11.5 Å². The minimum absolute atomic E-state index is 0.0883. The molecule has 0 aliphatic carbocycles. The highest BCUT2D eigenvalue weighted by atomic mass is 19.1. The summed E-state index contributed by atoms with van der Waals surface area (Å²) in [6.07, 6.45) is 0.534. The molecule has 0 saturated heterocycles. The molecule has 0 aliphatic rings. The molecule has 0 bridgehead atoms. The number of oxazole rings is 1. The molecular weight excluding hydrogens is 261 g/mol. The summed E-state index contributed by atoms with van der Waals surface area (Å²) in [7, 11) is 0. The molecule has 0 saturated carbocycles. The molecule has 1 heterocycles. The predicted molar refractivity (Wildman–Crippen MR) is 72.0 cm³/mol. The lowest BCUT2D eigenvalue weighted by Gasteiger charge is -1.99. The van der Waals surface area contributed by atoms with Crippen molar-refractivity contribution in [3.05, 3.63) is 41.0 Å². The van der Waals surface area contributed by atoms with Crippen LogP contribution in [0, 0.1) is 12.7 Å². The van der Waals surface area contributed by atoms with Gasteiger partial charge in [-0.2, -0.15) is 0 Å². The molecule has 1 aromatic carbocycles. The second-order valence-electron chi connectivity index (χ2n) is 4.33. The van der Waals surface area contributed by atoms with Crippen LogP contribution in [0.4, 0.5) is 4.39 Å². The first-order valence-electron chi connectivity index (χ1n) is 6.50. The minimum Gasteiger partial charge on any atom is -0.460 e. The summed E-state index contributed by atoms with van der Waals surface area (Å²) in [5.74, 6) is -0.568. The highest BCUT2D eigenvalue weighted by Gasteiger charge is 2.21. The van der Waals surface area contributed by atoms with Gasteiger partial charge in [0.05, 0.1) is 12.3 Å². The lowest BCUT2D eigenvalue weighted by molar-refractivity contribution is 0.0489. The molecule has 2 rings (SSSR count). The van der Waals surface area contributed by atoms with E-state index in [9.17, 15) is 9.18 Å². The zero-order valence-electron chi connectivity index (χ0n) is 11.7. The zero-order valence-corrected chi connectivity index (χ0v) is 11.7. The molecule has 0 fully saturated rings. The van der Waals surface area contributed by atoms with Crippen molar-refractivity contribution in [1.82, 2.24) is 4.98 Å². The molecule has 20 heavy (non-hydrogen) atoms. The van der Waals surface area contributed by atoms with E-state index in [4.69, 9.17) is 9.15 Å². The predicted octanol–water partition coefficient (Wildman–Crippen LogP) is 3.53. The molecule has 4 nitrogen and oxygen atoms in total. The van der Waals surface area contributed by atoms with E-state index in [0.717, 1.165) is 0 Å². The minimum atomic E-state index is -0.546. The summed E-state index contributed by atoms with van der Waals surface area (Å²) in [6.45, 7) is 5.52. The van der Waals surface area contributed by atoms with Gasteiger partial charge in [-0.3, -0.25) is 0 Å². The first-order chi connectivity index (χ1) is 9.56. The van der Waals surface area contributed by atoms with Gasteiger partial charge in [0.1, 0.15) is 5.82 Å². The molecule has 0 amide bonds. The maximum atomic E-state index is 13.6. The van der Waals surface area contributed by atoms with E-state index < -0.39 is 5.97 Å².